The first kappa shape index (κ1) is 20.5. The number of aromatic nitrogens is 4. The van der Waals surface area contributed by atoms with E-state index in [9.17, 15) is 13.9 Å². The van der Waals surface area contributed by atoms with Crippen molar-refractivity contribution in [3.05, 3.63) is 36.0 Å². The molecule has 1 saturated carbocycles. The number of halogens is 2. The molecule has 0 unspecified atom stereocenters. The number of anilines is 3. The van der Waals surface area contributed by atoms with Gasteiger partial charge in [-0.3, -0.25) is 4.57 Å². The Labute approximate surface area is 173 Å². The Bertz CT molecular complexity index is 1060. The lowest BCUT2D eigenvalue weighted by Crippen LogP contribution is -2.31. The van der Waals surface area contributed by atoms with Crippen LogP contribution in [0, 0.1) is 11.6 Å². The summed E-state index contributed by atoms with van der Waals surface area (Å²) in [6.07, 6.45) is 4.38. The van der Waals surface area contributed by atoms with E-state index in [0.29, 0.717) is 35.9 Å². The Morgan fingerprint density at radius 2 is 1.93 bits per heavy atom. The number of nitrogens with one attached hydrogen (secondary N) is 2. The van der Waals surface area contributed by atoms with Gasteiger partial charge < -0.3 is 15.7 Å². The largest absolute Gasteiger partial charge is 0.390 e. The third-order valence-corrected chi connectivity index (χ3v) is 5.43. The summed E-state index contributed by atoms with van der Waals surface area (Å²) < 4.78 is 29.5. The molecule has 3 aromatic rings. The zero-order chi connectivity index (χ0) is 21.5. The van der Waals surface area contributed by atoms with E-state index >= 15 is 0 Å². The summed E-state index contributed by atoms with van der Waals surface area (Å²) in [6, 6.07) is 3.56. The van der Waals surface area contributed by atoms with Gasteiger partial charge in [0.05, 0.1) is 17.5 Å². The van der Waals surface area contributed by atoms with E-state index in [1.54, 1.807) is 6.20 Å². The van der Waals surface area contributed by atoms with Crippen LogP contribution in [0.25, 0.3) is 11.2 Å². The summed E-state index contributed by atoms with van der Waals surface area (Å²) in [5.41, 5.74) is 0.642. The summed E-state index contributed by atoms with van der Waals surface area (Å²) in [6.45, 7) is 5.84. The van der Waals surface area contributed by atoms with Crippen LogP contribution in [-0.2, 0) is 0 Å². The van der Waals surface area contributed by atoms with Crippen molar-refractivity contribution in [3.63, 3.8) is 0 Å². The SMILES string of the molecule is CC(C)Nc1ncc2nc(Nc3ccc(F)cc3F)n(C3CCC(C)(O)CC3)c2n1. The number of aliphatic hydroxyl groups is 1. The second-order valence-corrected chi connectivity index (χ2v) is 8.48. The highest BCUT2D eigenvalue weighted by Gasteiger charge is 2.32. The van der Waals surface area contributed by atoms with Gasteiger partial charge in [0.1, 0.15) is 17.2 Å². The third kappa shape index (κ3) is 4.21. The summed E-state index contributed by atoms with van der Waals surface area (Å²) in [4.78, 5) is 13.5. The van der Waals surface area contributed by atoms with E-state index in [1.165, 1.54) is 12.1 Å². The Hall–Kier alpha value is -2.81. The van der Waals surface area contributed by atoms with E-state index in [2.05, 4.69) is 25.6 Å². The second kappa shape index (κ2) is 7.79. The summed E-state index contributed by atoms with van der Waals surface area (Å²) in [5.74, 6) is -0.441. The zero-order valence-corrected chi connectivity index (χ0v) is 17.3. The molecular formula is C21H26F2N6O. The number of benzene rings is 1. The van der Waals surface area contributed by atoms with Gasteiger partial charge in [-0.05, 0) is 58.6 Å². The summed E-state index contributed by atoms with van der Waals surface area (Å²) in [7, 11) is 0. The fraction of sp³-hybridized carbons (Fsp3) is 0.476. The van der Waals surface area contributed by atoms with Crippen LogP contribution >= 0.6 is 0 Å². The van der Waals surface area contributed by atoms with Gasteiger partial charge in [0.15, 0.2) is 5.65 Å². The fourth-order valence-electron chi connectivity index (χ4n) is 3.85. The van der Waals surface area contributed by atoms with E-state index < -0.39 is 17.2 Å². The molecule has 0 aliphatic heterocycles. The van der Waals surface area contributed by atoms with Crippen LogP contribution in [0.2, 0.25) is 0 Å². The third-order valence-electron chi connectivity index (χ3n) is 5.43. The Balaban J connectivity index is 1.77. The molecule has 0 amide bonds. The molecule has 3 N–H and O–H groups in total. The van der Waals surface area contributed by atoms with E-state index in [-0.39, 0.29) is 17.8 Å². The van der Waals surface area contributed by atoms with Crippen LogP contribution in [0.1, 0.15) is 52.5 Å². The summed E-state index contributed by atoms with van der Waals surface area (Å²) in [5, 5.41) is 16.5. The lowest BCUT2D eigenvalue weighted by Gasteiger charge is -2.34. The number of hydrogen-bond acceptors (Lipinski definition) is 6. The highest BCUT2D eigenvalue weighted by molar-refractivity contribution is 5.76. The maximum Gasteiger partial charge on any atom is 0.224 e. The maximum absolute atomic E-state index is 14.3. The van der Waals surface area contributed by atoms with Crippen molar-refractivity contribution in [2.24, 2.45) is 0 Å². The first-order chi connectivity index (χ1) is 14.2. The lowest BCUT2D eigenvalue weighted by atomic mass is 9.83. The van der Waals surface area contributed by atoms with Crippen molar-refractivity contribution in [1.29, 1.82) is 0 Å². The molecule has 0 radical (unpaired) electrons. The molecule has 1 aliphatic rings. The number of hydrogen-bond donors (Lipinski definition) is 3. The predicted octanol–water partition coefficient (Wildman–Crippen LogP) is 4.53. The molecule has 0 spiro atoms. The minimum Gasteiger partial charge on any atom is -0.390 e. The van der Waals surface area contributed by atoms with Crippen molar-refractivity contribution in [1.82, 2.24) is 19.5 Å². The molecular weight excluding hydrogens is 390 g/mol. The summed E-state index contributed by atoms with van der Waals surface area (Å²) >= 11 is 0. The maximum atomic E-state index is 14.3. The number of rotatable bonds is 5. The minimum atomic E-state index is -0.701. The molecule has 2 heterocycles. The second-order valence-electron chi connectivity index (χ2n) is 8.48. The van der Waals surface area contributed by atoms with E-state index in [1.807, 2.05) is 25.3 Å². The van der Waals surface area contributed by atoms with Gasteiger partial charge in [-0.15, -0.1) is 0 Å². The molecule has 7 nitrogen and oxygen atoms in total. The molecule has 1 aromatic carbocycles. The quantitative estimate of drug-likeness (QED) is 0.566. The minimum absolute atomic E-state index is 0.0306. The van der Waals surface area contributed by atoms with Crippen molar-refractivity contribution >= 4 is 28.7 Å². The van der Waals surface area contributed by atoms with Crippen LogP contribution in [0.5, 0.6) is 0 Å². The Morgan fingerprint density at radius 1 is 1.20 bits per heavy atom. The van der Waals surface area contributed by atoms with Crippen molar-refractivity contribution in [2.45, 2.75) is 64.1 Å². The van der Waals surface area contributed by atoms with Crippen LogP contribution in [0.15, 0.2) is 24.4 Å². The smallest absolute Gasteiger partial charge is 0.224 e. The van der Waals surface area contributed by atoms with E-state index in [4.69, 9.17) is 0 Å². The first-order valence-electron chi connectivity index (χ1n) is 10.2. The highest BCUT2D eigenvalue weighted by Crippen LogP contribution is 2.38. The van der Waals surface area contributed by atoms with Gasteiger partial charge in [0.25, 0.3) is 0 Å². The fourth-order valence-corrected chi connectivity index (χ4v) is 3.85. The number of fused-ring (bicyclic) bond motifs is 1. The van der Waals surface area contributed by atoms with Gasteiger partial charge >= 0.3 is 0 Å². The molecule has 160 valence electrons. The molecule has 0 saturated heterocycles. The van der Waals surface area contributed by atoms with Crippen LogP contribution < -0.4 is 10.6 Å². The van der Waals surface area contributed by atoms with Gasteiger partial charge in [-0.2, -0.15) is 4.98 Å². The Morgan fingerprint density at radius 3 is 2.60 bits per heavy atom. The first-order valence-corrected chi connectivity index (χ1v) is 10.2. The van der Waals surface area contributed by atoms with Crippen LogP contribution in [-0.4, -0.2) is 36.3 Å². The van der Waals surface area contributed by atoms with Crippen molar-refractivity contribution in [2.75, 3.05) is 10.6 Å². The van der Waals surface area contributed by atoms with Gasteiger partial charge in [0.2, 0.25) is 11.9 Å². The van der Waals surface area contributed by atoms with Crippen molar-refractivity contribution in [3.8, 4) is 0 Å². The molecule has 1 fully saturated rings. The molecule has 2 aromatic heterocycles. The zero-order valence-electron chi connectivity index (χ0n) is 17.3. The molecule has 0 atom stereocenters. The molecule has 9 heteroatoms. The van der Waals surface area contributed by atoms with Crippen LogP contribution in [0.4, 0.5) is 26.4 Å². The van der Waals surface area contributed by atoms with Gasteiger partial charge in [0, 0.05) is 18.2 Å². The van der Waals surface area contributed by atoms with Crippen LogP contribution in [0.3, 0.4) is 0 Å². The molecule has 1 aliphatic carbocycles. The molecule has 4 rings (SSSR count). The number of imidazole rings is 1. The normalized spacial score (nSPS) is 21.9. The molecule has 30 heavy (non-hydrogen) atoms. The average Bonchev–Trinajstić information content (AvgIpc) is 3.01. The Kier molecular flexibility index (Phi) is 5.31. The highest BCUT2D eigenvalue weighted by atomic mass is 19.1. The lowest BCUT2D eigenvalue weighted by molar-refractivity contribution is 0.0105. The molecule has 0 bridgehead atoms. The monoisotopic (exact) mass is 416 g/mol. The number of nitrogens with zero attached hydrogens (tertiary/aromatic N) is 4. The van der Waals surface area contributed by atoms with Crippen molar-refractivity contribution < 1.29 is 13.9 Å². The predicted molar refractivity (Wildman–Crippen MR) is 112 cm³/mol. The van der Waals surface area contributed by atoms with Gasteiger partial charge in [-0.25, -0.2) is 18.7 Å². The standard InChI is InChI=1S/C21H26F2N6O/c1-12(2)25-19-24-11-17-18(28-19)29(14-6-8-21(3,30)9-7-14)20(27-17)26-16-5-4-13(22)10-15(16)23/h4-5,10-12,14,30H,6-9H2,1-3H3,(H,26,27)(H,24,25,28). The average molecular weight is 416 g/mol. The topological polar surface area (TPSA) is 87.9 Å². The van der Waals surface area contributed by atoms with E-state index in [0.717, 1.165) is 18.9 Å². The van der Waals surface area contributed by atoms with Gasteiger partial charge in [-0.1, -0.05) is 0 Å².